The Kier molecular flexibility index (Phi) is 39.0. The van der Waals surface area contributed by atoms with Crippen molar-refractivity contribution in [3.63, 3.8) is 0 Å². The number of hydrogen-bond donors (Lipinski definition) is 1. The van der Waals surface area contributed by atoms with Crippen molar-refractivity contribution in [2.45, 2.75) is 213 Å². The third-order valence-electron chi connectivity index (χ3n) is 10.3. The van der Waals surface area contributed by atoms with E-state index in [2.05, 4.69) is 57.2 Å². The zero-order valence-electron chi connectivity index (χ0n) is 37.5. The lowest BCUT2D eigenvalue weighted by atomic mass is 9.90. The van der Waals surface area contributed by atoms with Crippen molar-refractivity contribution in [1.82, 2.24) is 0 Å². The average molecular weight is 789 g/mol. The van der Waals surface area contributed by atoms with Crippen LogP contribution in [0, 0.1) is 5.41 Å². The predicted octanol–water partition coefficient (Wildman–Crippen LogP) is 12.2. The summed E-state index contributed by atoms with van der Waals surface area (Å²) in [7, 11) is 4.03. The number of esters is 3. The predicted molar refractivity (Wildman–Crippen MR) is 236 cm³/mol. The summed E-state index contributed by atoms with van der Waals surface area (Å²) in [6.07, 6.45) is 45.2. The third kappa shape index (κ3) is 37.2. The van der Waals surface area contributed by atoms with E-state index in [0.717, 1.165) is 81.9 Å². The molecule has 0 bridgehead atoms. The maximum Gasteiger partial charge on any atom is 0.305 e. The Morgan fingerprint density at radius 3 is 0.911 bits per heavy atom. The lowest BCUT2D eigenvalue weighted by Gasteiger charge is -2.32. The Labute approximate surface area is 346 Å². The largest absolute Gasteiger partial charge is 0.465 e. The van der Waals surface area contributed by atoms with E-state index in [1.165, 1.54) is 96.3 Å². The van der Waals surface area contributed by atoms with E-state index >= 15 is 0 Å². The first-order valence-electron chi connectivity index (χ1n) is 23.5. The van der Waals surface area contributed by atoms with E-state index in [-0.39, 0.29) is 37.7 Å². The molecule has 56 heavy (non-hydrogen) atoms. The number of rotatable bonds is 41. The summed E-state index contributed by atoms with van der Waals surface area (Å²) in [5, 5.41) is 0. The van der Waals surface area contributed by atoms with Crippen molar-refractivity contribution in [1.29, 1.82) is 0 Å². The molecule has 0 aliphatic carbocycles. The fourth-order valence-electron chi connectivity index (χ4n) is 6.80. The van der Waals surface area contributed by atoms with Crippen LogP contribution in [-0.4, -0.2) is 58.4 Å². The monoisotopic (exact) mass is 789 g/mol. The second-order valence-electron chi connectivity index (χ2n) is 16.6. The first-order chi connectivity index (χ1) is 27.3. The van der Waals surface area contributed by atoms with E-state index in [0.29, 0.717) is 25.8 Å². The Hall–Kier alpha value is -2.41. The molecule has 0 spiro atoms. The molecule has 0 heterocycles. The molecule has 0 radical (unpaired) electrons. The molecule has 0 amide bonds. The molecule has 0 aliphatic rings. The third-order valence-corrected chi connectivity index (χ3v) is 10.3. The molecule has 0 rings (SSSR count). The van der Waals surface area contributed by atoms with Gasteiger partial charge in [0.2, 0.25) is 0 Å². The second-order valence-corrected chi connectivity index (χ2v) is 16.6. The van der Waals surface area contributed by atoms with Crippen molar-refractivity contribution in [3.05, 3.63) is 36.5 Å². The Morgan fingerprint density at radius 1 is 0.393 bits per heavy atom. The average Bonchev–Trinajstić information content (AvgIpc) is 3.18. The first-order valence-corrected chi connectivity index (χ1v) is 23.5. The molecule has 0 atom stereocenters. The number of carbonyl (C=O) groups is 3. The van der Waals surface area contributed by atoms with Crippen LogP contribution in [0.1, 0.15) is 213 Å². The molecule has 0 saturated carbocycles. The molecule has 1 N–H and O–H groups in total. The van der Waals surface area contributed by atoms with Crippen LogP contribution in [0.2, 0.25) is 0 Å². The molecule has 0 aromatic heterocycles. The van der Waals surface area contributed by atoms with Crippen LogP contribution in [0.3, 0.4) is 0 Å². The summed E-state index contributed by atoms with van der Waals surface area (Å²) < 4.78 is 17.6. The highest BCUT2D eigenvalue weighted by atomic mass is 16.6. The maximum atomic E-state index is 12.9. The van der Waals surface area contributed by atoms with Crippen LogP contribution in [0.5, 0.6) is 0 Å². The zero-order chi connectivity index (χ0) is 41.2. The summed E-state index contributed by atoms with van der Waals surface area (Å²) >= 11 is 0. The van der Waals surface area contributed by atoms with Gasteiger partial charge >= 0.3 is 17.9 Å². The van der Waals surface area contributed by atoms with E-state index < -0.39 is 5.41 Å². The van der Waals surface area contributed by atoms with Gasteiger partial charge in [0.1, 0.15) is 25.2 Å². The Morgan fingerprint density at radius 2 is 0.643 bits per heavy atom. The van der Waals surface area contributed by atoms with E-state index in [1.54, 1.807) is 0 Å². The lowest BCUT2D eigenvalue weighted by Crippen LogP contribution is -3.07. The first kappa shape index (κ1) is 53.6. The quantitative estimate of drug-likeness (QED) is 0.0287. The molecule has 7 heteroatoms. The molecule has 326 valence electrons. The van der Waals surface area contributed by atoms with Crippen LogP contribution in [0.15, 0.2) is 36.5 Å². The fourth-order valence-corrected chi connectivity index (χ4v) is 6.80. The molecular weight excluding hydrogens is 699 g/mol. The topological polar surface area (TPSA) is 83.3 Å². The molecule has 0 saturated heterocycles. The van der Waals surface area contributed by atoms with Gasteiger partial charge in [-0.15, -0.1) is 0 Å². The second kappa shape index (κ2) is 40.8. The van der Waals surface area contributed by atoms with Crippen molar-refractivity contribution in [2.24, 2.45) is 5.41 Å². The van der Waals surface area contributed by atoms with Gasteiger partial charge in [-0.05, 0) is 77.0 Å². The number of quaternary nitrogens is 1. The van der Waals surface area contributed by atoms with Crippen molar-refractivity contribution < 1.29 is 33.5 Å². The molecule has 0 aromatic rings. The van der Waals surface area contributed by atoms with Crippen LogP contribution >= 0.6 is 0 Å². The number of ether oxygens (including phenoxy) is 3. The van der Waals surface area contributed by atoms with Crippen LogP contribution < -0.4 is 4.90 Å². The van der Waals surface area contributed by atoms with Crippen molar-refractivity contribution in [3.8, 4) is 0 Å². The van der Waals surface area contributed by atoms with Gasteiger partial charge in [-0.2, -0.15) is 0 Å². The number of allylic oxidation sites excluding steroid dienone is 6. The molecule has 0 unspecified atom stereocenters. The van der Waals surface area contributed by atoms with Crippen LogP contribution in [0.25, 0.3) is 0 Å². The summed E-state index contributed by atoms with van der Waals surface area (Å²) in [5.41, 5.74) is -0.806. The Bertz CT molecular complexity index is 886. The van der Waals surface area contributed by atoms with Crippen LogP contribution in [0.4, 0.5) is 0 Å². The fraction of sp³-hybridized carbons (Fsp3) is 0.816. The maximum absolute atomic E-state index is 12.9. The Balaban J connectivity index is 4.93. The molecule has 0 aromatic carbocycles. The highest BCUT2D eigenvalue weighted by Gasteiger charge is 2.39. The number of hydrogen-bond acceptors (Lipinski definition) is 6. The van der Waals surface area contributed by atoms with Gasteiger partial charge in [-0.1, -0.05) is 154 Å². The van der Waals surface area contributed by atoms with Gasteiger partial charge in [-0.25, -0.2) is 0 Å². The smallest absolute Gasteiger partial charge is 0.305 e. The number of unbranched alkanes of at least 4 members (excludes halogenated alkanes) is 21. The minimum Gasteiger partial charge on any atom is -0.465 e. The van der Waals surface area contributed by atoms with Crippen molar-refractivity contribution in [2.75, 3.05) is 40.5 Å². The highest BCUT2D eigenvalue weighted by molar-refractivity contribution is 5.70. The van der Waals surface area contributed by atoms with E-state index in [9.17, 15) is 14.4 Å². The van der Waals surface area contributed by atoms with Gasteiger partial charge in [0.25, 0.3) is 0 Å². The molecule has 0 aliphatic heterocycles. The zero-order valence-corrected chi connectivity index (χ0v) is 37.5. The van der Waals surface area contributed by atoms with E-state index in [1.807, 2.05) is 14.1 Å². The molecule has 7 nitrogen and oxygen atoms in total. The number of nitrogens with one attached hydrogen (secondary N) is 1. The SMILES string of the molecule is CCCC/C=C\CCCCCCCC(=O)OCC(COC(=O)CCCCCCC/C=C\CCCC)(COC(=O)CCCCCCC/C=C\CCCC)C[NH+](C)C. The van der Waals surface area contributed by atoms with Gasteiger partial charge < -0.3 is 19.1 Å². The highest BCUT2D eigenvalue weighted by Crippen LogP contribution is 2.21. The number of carbonyl (C=O) groups excluding carboxylic acids is 3. The van der Waals surface area contributed by atoms with Gasteiger partial charge in [0.05, 0.1) is 20.6 Å². The lowest BCUT2D eigenvalue weighted by molar-refractivity contribution is -0.866. The summed E-state index contributed by atoms with van der Waals surface area (Å²) in [4.78, 5) is 39.8. The van der Waals surface area contributed by atoms with Crippen LogP contribution in [-0.2, 0) is 28.6 Å². The summed E-state index contributed by atoms with van der Waals surface area (Å²) in [6, 6.07) is 0. The molecular formula is C49H90NO6+. The van der Waals surface area contributed by atoms with Gasteiger partial charge in [0, 0.05) is 19.3 Å². The van der Waals surface area contributed by atoms with Crippen molar-refractivity contribution >= 4 is 17.9 Å². The minimum atomic E-state index is -0.806. The normalized spacial score (nSPS) is 12.1. The summed E-state index contributed by atoms with van der Waals surface area (Å²) in [5.74, 6) is -0.729. The van der Waals surface area contributed by atoms with E-state index in [4.69, 9.17) is 14.2 Å². The minimum absolute atomic E-state index is 0.0573. The standard InChI is InChI=1S/C49H89NO6/c1-6-9-12-15-18-21-24-27-30-33-36-39-46(51)54-43-49(42-50(4)5,44-55-47(52)40-37-34-31-28-25-22-19-16-13-10-7-2)45-56-48(53)41-38-35-32-29-26-23-20-17-14-11-8-3/h15-20H,6-14,21-45H2,1-5H3/p+1/b18-15-,19-16-,20-17-. The van der Waals surface area contributed by atoms with Gasteiger partial charge in [-0.3, -0.25) is 14.4 Å². The van der Waals surface area contributed by atoms with Gasteiger partial charge in [0.15, 0.2) is 0 Å². The summed E-state index contributed by atoms with van der Waals surface area (Å²) in [6.45, 7) is 7.37. The molecule has 0 fully saturated rings.